The molecule has 160 valence electrons. The molecule has 1 amide bonds. The van der Waals surface area contributed by atoms with E-state index in [1.807, 2.05) is 48.7 Å². The van der Waals surface area contributed by atoms with Gasteiger partial charge in [-0.3, -0.25) is 9.78 Å². The van der Waals surface area contributed by atoms with Crippen LogP contribution in [0.2, 0.25) is 5.02 Å². The van der Waals surface area contributed by atoms with E-state index in [-0.39, 0.29) is 5.91 Å². The molecule has 1 aliphatic heterocycles. The number of hydrogen-bond acceptors (Lipinski definition) is 3. The van der Waals surface area contributed by atoms with Crippen molar-refractivity contribution in [2.45, 2.75) is 19.5 Å². The first-order chi connectivity index (χ1) is 15.7. The number of nitrogens with zero attached hydrogens (tertiary/aromatic N) is 1. The van der Waals surface area contributed by atoms with E-state index in [0.29, 0.717) is 13.1 Å². The first-order valence-corrected chi connectivity index (χ1v) is 11.0. The molecule has 0 saturated carbocycles. The molecule has 5 nitrogen and oxygen atoms in total. The minimum atomic E-state index is -0.0139. The molecule has 0 radical (unpaired) electrons. The van der Waals surface area contributed by atoms with Gasteiger partial charge in [-0.05, 0) is 41.5 Å². The Bertz CT molecular complexity index is 1280. The topological polar surface area (TPSA) is 69.8 Å². The summed E-state index contributed by atoms with van der Waals surface area (Å²) in [6, 6.07) is 22.2. The van der Waals surface area contributed by atoms with Crippen LogP contribution in [0.15, 0.2) is 72.9 Å². The SMILES string of the molecule is O=C1NCCc2[nH]c(-c3ccnc(-c4cccc(CNCc5ccccc5Cl)c4)c3)cc21. The molecule has 4 aromatic rings. The first-order valence-electron chi connectivity index (χ1n) is 10.7. The number of aromatic amines is 1. The molecule has 0 aliphatic carbocycles. The number of aromatic nitrogens is 2. The molecule has 0 atom stereocenters. The lowest BCUT2D eigenvalue weighted by Crippen LogP contribution is -2.31. The fourth-order valence-electron chi connectivity index (χ4n) is 4.03. The van der Waals surface area contributed by atoms with Crippen molar-refractivity contribution >= 4 is 17.5 Å². The van der Waals surface area contributed by atoms with Crippen LogP contribution in [0.5, 0.6) is 0 Å². The van der Waals surface area contributed by atoms with Crippen LogP contribution in [0.1, 0.15) is 27.2 Å². The predicted molar refractivity (Wildman–Crippen MR) is 127 cm³/mol. The van der Waals surface area contributed by atoms with E-state index in [4.69, 9.17) is 11.6 Å². The number of H-pyrrole nitrogens is 1. The number of rotatable bonds is 6. The maximum Gasteiger partial charge on any atom is 0.253 e. The Morgan fingerprint density at radius 2 is 1.88 bits per heavy atom. The largest absolute Gasteiger partial charge is 0.358 e. The van der Waals surface area contributed by atoms with E-state index in [0.717, 1.165) is 57.3 Å². The average Bonchev–Trinajstić information content (AvgIpc) is 3.27. The van der Waals surface area contributed by atoms with Gasteiger partial charge in [-0.2, -0.15) is 0 Å². The van der Waals surface area contributed by atoms with E-state index in [1.54, 1.807) is 0 Å². The molecule has 3 N–H and O–H groups in total. The van der Waals surface area contributed by atoms with Gasteiger partial charge in [0, 0.05) is 59.8 Å². The van der Waals surface area contributed by atoms with Crippen molar-refractivity contribution in [1.82, 2.24) is 20.6 Å². The summed E-state index contributed by atoms with van der Waals surface area (Å²) in [6.45, 7) is 2.12. The van der Waals surface area contributed by atoms with Gasteiger partial charge >= 0.3 is 0 Å². The fourth-order valence-corrected chi connectivity index (χ4v) is 4.23. The van der Waals surface area contributed by atoms with Gasteiger partial charge in [0.05, 0.1) is 11.3 Å². The van der Waals surface area contributed by atoms with Crippen LogP contribution in [0.3, 0.4) is 0 Å². The molecule has 32 heavy (non-hydrogen) atoms. The smallest absolute Gasteiger partial charge is 0.253 e. The van der Waals surface area contributed by atoms with Crippen molar-refractivity contribution < 1.29 is 4.79 Å². The summed E-state index contributed by atoms with van der Waals surface area (Å²) in [6.07, 6.45) is 2.63. The maximum atomic E-state index is 12.1. The molecule has 0 fully saturated rings. The number of nitrogens with one attached hydrogen (secondary N) is 3. The Balaban J connectivity index is 1.33. The predicted octanol–water partition coefficient (Wildman–Crippen LogP) is 4.97. The molecule has 5 rings (SSSR count). The molecular formula is C26H23ClN4O. The highest BCUT2D eigenvalue weighted by Crippen LogP contribution is 2.27. The molecule has 0 bridgehead atoms. The second-order valence-electron chi connectivity index (χ2n) is 7.91. The lowest BCUT2D eigenvalue weighted by Gasteiger charge is -2.11. The zero-order chi connectivity index (χ0) is 21.9. The van der Waals surface area contributed by atoms with Crippen LogP contribution in [0.4, 0.5) is 0 Å². The molecule has 0 saturated heterocycles. The van der Waals surface area contributed by atoms with Crippen molar-refractivity contribution in [3.63, 3.8) is 0 Å². The number of carbonyl (C=O) groups is 1. The summed E-state index contributed by atoms with van der Waals surface area (Å²) in [5, 5.41) is 7.13. The lowest BCUT2D eigenvalue weighted by atomic mass is 10.0. The minimum Gasteiger partial charge on any atom is -0.358 e. The van der Waals surface area contributed by atoms with E-state index in [9.17, 15) is 4.79 Å². The molecule has 6 heteroatoms. The normalized spacial score (nSPS) is 13.0. The zero-order valence-electron chi connectivity index (χ0n) is 17.5. The monoisotopic (exact) mass is 442 g/mol. The Hall–Kier alpha value is -3.41. The van der Waals surface area contributed by atoms with Crippen LogP contribution in [0, 0.1) is 0 Å². The van der Waals surface area contributed by atoms with Crippen molar-refractivity contribution in [3.05, 3.63) is 100 Å². The maximum absolute atomic E-state index is 12.1. The van der Waals surface area contributed by atoms with Gasteiger partial charge in [-0.1, -0.05) is 48.0 Å². The molecule has 1 aliphatic rings. The summed E-state index contributed by atoms with van der Waals surface area (Å²) in [4.78, 5) is 20.1. The van der Waals surface area contributed by atoms with Crippen LogP contribution in [0.25, 0.3) is 22.5 Å². The standard InChI is InChI=1S/C26H23ClN4O/c27-22-7-2-1-5-20(22)16-28-15-17-4-3-6-18(12-17)24-13-19(8-10-29-24)25-14-21-23(31-25)9-11-30-26(21)32/h1-8,10,12-14,28,31H,9,11,15-16H2,(H,30,32). The number of carbonyl (C=O) groups excluding carboxylic acids is 1. The van der Waals surface area contributed by atoms with Gasteiger partial charge in [0.15, 0.2) is 0 Å². The molecule has 0 unspecified atom stereocenters. The molecule has 2 aromatic carbocycles. The number of fused-ring (bicyclic) bond motifs is 1. The minimum absolute atomic E-state index is 0.0139. The highest BCUT2D eigenvalue weighted by Gasteiger charge is 2.20. The Labute approximate surface area is 191 Å². The summed E-state index contributed by atoms with van der Waals surface area (Å²) in [7, 11) is 0. The molecule has 3 heterocycles. The van der Waals surface area contributed by atoms with Crippen molar-refractivity contribution in [3.8, 4) is 22.5 Å². The summed E-state index contributed by atoms with van der Waals surface area (Å²) < 4.78 is 0. The van der Waals surface area contributed by atoms with Gasteiger partial charge < -0.3 is 15.6 Å². The van der Waals surface area contributed by atoms with Crippen molar-refractivity contribution in [2.24, 2.45) is 0 Å². The first kappa shape index (κ1) is 20.5. The van der Waals surface area contributed by atoms with E-state index >= 15 is 0 Å². The highest BCUT2D eigenvalue weighted by atomic mass is 35.5. The second-order valence-corrected chi connectivity index (χ2v) is 8.31. The Kier molecular flexibility index (Phi) is 5.75. The number of amides is 1. The summed E-state index contributed by atoms with van der Waals surface area (Å²) in [5.74, 6) is -0.0139. The third kappa shape index (κ3) is 4.31. The van der Waals surface area contributed by atoms with Crippen LogP contribution < -0.4 is 10.6 Å². The third-order valence-corrected chi connectivity index (χ3v) is 6.07. The highest BCUT2D eigenvalue weighted by molar-refractivity contribution is 6.31. The number of pyridine rings is 1. The fraction of sp³-hybridized carbons (Fsp3) is 0.154. The summed E-state index contributed by atoms with van der Waals surface area (Å²) in [5.41, 5.74) is 7.89. The van der Waals surface area contributed by atoms with Crippen molar-refractivity contribution in [1.29, 1.82) is 0 Å². The summed E-state index contributed by atoms with van der Waals surface area (Å²) >= 11 is 6.24. The van der Waals surface area contributed by atoms with E-state index in [1.165, 1.54) is 5.56 Å². The molecule has 0 spiro atoms. The quantitative estimate of drug-likeness (QED) is 0.394. The van der Waals surface area contributed by atoms with Crippen LogP contribution >= 0.6 is 11.6 Å². The Morgan fingerprint density at radius 3 is 2.75 bits per heavy atom. The van der Waals surface area contributed by atoms with Gasteiger partial charge in [-0.25, -0.2) is 0 Å². The zero-order valence-corrected chi connectivity index (χ0v) is 18.2. The van der Waals surface area contributed by atoms with Crippen molar-refractivity contribution in [2.75, 3.05) is 6.54 Å². The van der Waals surface area contributed by atoms with Crippen LogP contribution in [-0.4, -0.2) is 22.4 Å². The number of benzene rings is 2. The number of hydrogen-bond donors (Lipinski definition) is 3. The molecular weight excluding hydrogens is 420 g/mol. The van der Waals surface area contributed by atoms with Gasteiger partial charge in [0.25, 0.3) is 5.91 Å². The lowest BCUT2D eigenvalue weighted by molar-refractivity contribution is 0.0946. The average molecular weight is 443 g/mol. The number of halogens is 1. The molecule has 2 aromatic heterocycles. The third-order valence-electron chi connectivity index (χ3n) is 5.70. The Morgan fingerprint density at radius 1 is 0.969 bits per heavy atom. The van der Waals surface area contributed by atoms with E-state index < -0.39 is 0 Å². The van der Waals surface area contributed by atoms with Gasteiger partial charge in [0.2, 0.25) is 0 Å². The van der Waals surface area contributed by atoms with E-state index in [2.05, 4.69) is 44.9 Å². The van der Waals surface area contributed by atoms with Crippen LogP contribution in [-0.2, 0) is 19.5 Å². The van der Waals surface area contributed by atoms with Gasteiger partial charge in [0.1, 0.15) is 0 Å². The van der Waals surface area contributed by atoms with Gasteiger partial charge in [-0.15, -0.1) is 0 Å². The second kappa shape index (κ2) is 8.99.